The number of nitrogens with two attached hydrogens (primary N) is 1. The molecule has 0 radical (unpaired) electrons. The monoisotopic (exact) mass is 249 g/mol. The van der Waals surface area contributed by atoms with Crippen molar-refractivity contribution in [3.05, 3.63) is 17.3 Å². The molecule has 5 nitrogen and oxygen atoms in total. The van der Waals surface area contributed by atoms with Crippen LogP contribution in [0.3, 0.4) is 0 Å². The molecule has 3 heterocycles. The number of nitrogen functional groups attached to an aromatic ring is 1. The second-order valence-electron chi connectivity index (χ2n) is 4.26. The first-order valence-electron chi connectivity index (χ1n) is 5.80. The molecule has 2 aromatic rings. The molecule has 1 aliphatic heterocycles. The molecule has 0 unspecified atom stereocenters. The summed E-state index contributed by atoms with van der Waals surface area (Å²) in [6, 6.07) is 1.99. The Labute approximate surface area is 104 Å². The summed E-state index contributed by atoms with van der Waals surface area (Å²) in [6.07, 6.45) is 2.56. The summed E-state index contributed by atoms with van der Waals surface area (Å²) < 4.78 is 0. The molecule has 0 aromatic carbocycles. The third-order valence-corrected chi connectivity index (χ3v) is 3.88. The fraction of sp³-hybridized carbons (Fsp3) is 0.455. The highest BCUT2D eigenvalue weighted by Crippen LogP contribution is 2.25. The van der Waals surface area contributed by atoms with Gasteiger partial charge in [0.2, 0.25) is 0 Å². The van der Waals surface area contributed by atoms with Gasteiger partial charge in [0.05, 0.1) is 11.9 Å². The van der Waals surface area contributed by atoms with Gasteiger partial charge in [0, 0.05) is 0 Å². The number of hydrogen-bond donors (Lipinski definition) is 2. The first-order chi connectivity index (χ1) is 8.36. The molecule has 1 aliphatic rings. The quantitative estimate of drug-likeness (QED) is 0.638. The van der Waals surface area contributed by atoms with Gasteiger partial charge in [0.1, 0.15) is 10.7 Å². The van der Waals surface area contributed by atoms with Gasteiger partial charge >= 0.3 is 0 Å². The summed E-state index contributed by atoms with van der Waals surface area (Å²) in [5, 5.41) is 3.02. The standard InChI is InChI=1S/C11H15N5S/c12-15-10-8-3-6-17-11(8)14-9(13-10)7-16-4-1-2-5-16/h3,6H,1-2,4-5,7,12H2,(H,13,14,15). The summed E-state index contributed by atoms with van der Waals surface area (Å²) in [6.45, 7) is 3.12. The van der Waals surface area contributed by atoms with Gasteiger partial charge in [0.15, 0.2) is 5.82 Å². The second kappa shape index (κ2) is 4.56. The number of thiophene rings is 1. The van der Waals surface area contributed by atoms with E-state index in [-0.39, 0.29) is 0 Å². The van der Waals surface area contributed by atoms with E-state index in [1.54, 1.807) is 11.3 Å². The molecular weight excluding hydrogens is 234 g/mol. The average Bonchev–Trinajstić information content (AvgIpc) is 2.98. The van der Waals surface area contributed by atoms with Crippen LogP contribution < -0.4 is 11.3 Å². The second-order valence-corrected chi connectivity index (χ2v) is 5.15. The minimum atomic E-state index is 0.727. The molecule has 6 heteroatoms. The van der Waals surface area contributed by atoms with E-state index in [9.17, 15) is 0 Å². The molecule has 17 heavy (non-hydrogen) atoms. The number of hydrazine groups is 1. The Kier molecular flexibility index (Phi) is 2.92. The van der Waals surface area contributed by atoms with Crippen molar-refractivity contribution in [2.75, 3.05) is 18.5 Å². The van der Waals surface area contributed by atoms with Gasteiger partial charge < -0.3 is 5.43 Å². The van der Waals surface area contributed by atoms with Gasteiger partial charge in [-0.25, -0.2) is 15.8 Å². The molecule has 1 saturated heterocycles. The molecule has 0 bridgehead atoms. The number of aromatic nitrogens is 2. The Morgan fingerprint density at radius 1 is 1.35 bits per heavy atom. The first kappa shape index (κ1) is 10.9. The van der Waals surface area contributed by atoms with Crippen LogP contribution in [0.4, 0.5) is 5.82 Å². The summed E-state index contributed by atoms with van der Waals surface area (Å²) in [4.78, 5) is 12.4. The SMILES string of the molecule is NNc1nc(CN2CCCC2)nc2sccc12. The van der Waals surface area contributed by atoms with E-state index < -0.39 is 0 Å². The smallest absolute Gasteiger partial charge is 0.152 e. The zero-order valence-corrected chi connectivity index (χ0v) is 10.3. The van der Waals surface area contributed by atoms with Crippen LogP contribution in [0, 0.1) is 0 Å². The van der Waals surface area contributed by atoms with E-state index in [4.69, 9.17) is 5.84 Å². The lowest BCUT2D eigenvalue weighted by Gasteiger charge is -2.13. The molecule has 3 N–H and O–H groups in total. The Balaban J connectivity index is 1.92. The van der Waals surface area contributed by atoms with E-state index in [2.05, 4.69) is 20.3 Å². The van der Waals surface area contributed by atoms with Crippen LogP contribution >= 0.6 is 11.3 Å². The van der Waals surface area contributed by atoms with Gasteiger partial charge in [-0.1, -0.05) is 0 Å². The van der Waals surface area contributed by atoms with Crippen LogP contribution in [0.5, 0.6) is 0 Å². The van der Waals surface area contributed by atoms with Crippen LogP contribution in [0.2, 0.25) is 0 Å². The maximum absolute atomic E-state index is 5.50. The van der Waals surface area contributed by atoms with Gasteiger partial charge in [-0.3, -0.25) is 4.90 Å². The number of nitrogens with zero attached hydrogens (tertiary/aromatic N) is 3. The summed E-state index contributed by atoms with van der Waals surface area (Å²) in [5.41, 5.74) is 2.66. The number of rotatable bonds is 3. The number of fused-ring (bicyclic) bond motifs is 1. The number of anilines is 1. The average molecular weight is 249 g/mol. The molecular formula is C11H15N5S. The maximum Gasteiger partial charge on any atom is 0.152 e. The fourth-order valence-corrected chi connectivity index (χ4v) is 3.00. The molecule has 0 atom stereocenters. The summed E-state index contributed by atoms with van der Waals surface area (Å²) in [5.74, 6) is 7.09. The van der Waals surface area contributed by atoms with Gasteiger partial charge in [-0.15, -0.1) is 11.3 Å². The van der Waals surface area contributed by atoms with Crippen molar-refractivity contribution in [1.29, 1.82) is 0 Å². The van der Waals surface area contributed by atoms with E-state index in [0.717, 1.165) is 41.5 Å². The van der Waals surface area contributed by atoms with Crippen LogP contribution in [0.15, 0.2) is 11.4 Å². The highest BCUT2D eigenvalue weighted by molar-refractivity contribution is 7.16. The molecule has 1 fully saturated rings. The Bertz CT molecular complexity index is 518. The summed E-state index contributed by atoms with van der Waals surface area (Å²) >= 11 is 1.62. The minimum absolute atomic E-state index is 0.727. The lowest BCUT2D eigenvalue weighted by Crippen LogP contribution is -2.20. The van der Waals surface area contributed by atoms with Gasteiger partial charge in [-0.2, -0.15) is 0 Å². The van der Waals surface area contributed by atoms with Crippen LogP contribution in [0.25, 0.3) is 10.2 Å². The van der Waals surface area contributed by atoms with Crippen molar-refractivity contribution in [3.63, 3.8) is 0 Å². The van der Waals surface area contributed by atoms with E-state index >= 15 is 0 Å². The molecule has 2 aromatic heterocycles. The predicted molar refractivity (Wildman–Crippen MR) is 69.7 cm³/mol. The number of hydrogen-bond acceptors (Lipinski definition) is 6. The zero-order chi connectivity index (χ0) is 11.7. The molecule has 0 aliphatic carbocycles. The maximum atomic E-state index is 5.50. The Morgan fingerprint density at radius 2 is 2.18 bits per heavy atom. The van der Waals surface area contributed by atoms with Crippen molar-refractivity contribution < 1.29 is 0 Å². The molecule has 90 valence electrons. The highest BCUT2D eigenvalue weighted by atomic mass is 32.1. The Morgan fingerprint density at radius 3 is 2.94 bits per heavy atom. The zero-order valence-electron chi connectivity index (χ0n) is 9.52. The van der Waals surface area contributed by atoms with E-state index in [0.29, 0.717) is 0 Å². The van der Waals surface area contributed by atoms with E-state index in [1.165, 1.54) is 12.8 Å². The van der Waals surface area contributed by atoms with E-state index in [1.807, 2.05) is 11.4 Å². The summed E-state index contributed by atoms with van der Waals surface area (Å²) in [7, 11) is 0. The molecule has 3 rings (SSSR count). The highest BCUT2D eigenvalue weighted by Gasteiger charge is 2.15. The normalized spacial score (nSPS) is 16.8. The van der Waals surface area contributed by atoms with Gasteiger partial charge in [-0.05, 0) is 37.4 Å². The largest absolute Gasteiger partial charge is 0.308 e. The van der Waals surface area contributed by atoms with Crippen LogP contribution in [-0.2, 0) is 6.54 Å². The minimum Gasteiger partial charge on any atom is -0.308 e. The van der Waals surface area contributed by atoms with Crippen molar-refractivity contribution in [2.24, 2.45) is 5.84 Å². The van der Waals surface area contributed by atoms with Crippen molar-refractivity contribution in [3.8, 4) is 0 Å². The van der Waals surface area contributed by atoms with Gasteiger partial charge in [0.25, 0.3) is 0 Å². The molecule has 0 amide bonds. The molecule has 0 saturated carbocycles. The van der Waals surface area contributed by atoms with Crippen molar-refractivity contribution in [1.82, 2.24) is 14.9 Å². The first-order valence-corrected chi connectivity index (χ1v) is 6.68. The van der Waals surface area contributed by atoms with Crippen LogP contribution in [0.1, 0.15) is 18.7 Å². The number of likely N-dealkylation sites (tertiary alicyclic amines) is 1. The predicted octanol–water partition coefficient (Wildman–Crippen LogP) is 1.57. The fourth-order valence-electron chi connectivity index (χ4n) is 2.22. The third kappa shape index (κ3) is 2.11. The third-order valence-electron chi connectivity index (χ3n) is 3.07. The van der Waals surface area contributed by atoms with Crippen molar-refractivity contribution >= 4 is 27.4 Å². The number of nitrogens with one attached hydrogen (secondary N) is 1. The topological polar surface area (TPSA) is 67.1 Å². The van der Waals surface area contributed by atoms with Crippen molar-refractivity contribution in [2.45, 2.75) is 19.4 Å². The lowest BCUT2D eigenvalue weighted by molar-refractivity contribution is 0.323. The lowest BCUT2D eigenvalue weighted by atomic mass is 10.3. The van der Waals surface area contributed by atoms with Crippen LogP contribution in [-0.4, -0.2) is 28.0 Å². The molecule has 0 spiro atoms. The Hall–Kier alpha value is -1.24.